The molecular formula is C8H7FO4. The molecule has 0 aliphatic carbocycles. The molecule has 4 nitrogen and oxygen atoms in total. The van der Waals surface area contributed by atoms with Gasteiger partial charge in [-0.25, -0.2) is 9.18 Å². The lowest BCUT2D eigenvalue weighted by Crippen LogP contribution is -2.01. The predicted molar refractivity (Wildman–Crippen MR) is 41.5 cm³/mol. The number of halogens is 1. The molecule has 0 aliphatic heterocycles. The van der Waals surface area contributed by atoms with Crippen LogP contribution < -0.4 is 0 Å². The minimum Gasteiger partial charge on any atom is -0.504 e. The number of carboxylic acid groups (broad SMARTS) is 1. The Morgan fingerprint density at radius 2 is 2.00 bits per heavy atom. The second-order valence-corrected chi connectivity index (χ2v) is 2.41. The van der Waals surface area contributed by atoms with E-state index in [9.17, 15) is 9.18 Å². The first kappa shape index (κ1) is 9.31. The number of hydrogen-bond donors (Lipinski definition) is 3. The normalized spacial score (nSPS) is 9.92. The minimum atomic E-state index is -1.47. The number of phenolic OH excluding ortho intramolecular Hbond substituents is 1. The van der Waals surface area contributed by atoms with Crippen molar-refractivity contribution in [2.75, 3.05) is 0 Å². The van der Waals surface area contributed by atoms with Crippen molar-refractivity contribution < 1.29 is 24.5 Å². The molecule has 3 N–H and O–H groups in total. The molecule has 0 saturated carbocycles. The van der Waals surface area contributed by atoms with Crippen molar-refractivity contribution in [3.63, 3.8) is 0 Å². The topological polar surface area (TPSA) is 77.8 Å². The van der Waals surface area contributed by atoms with Gasteiger partial charge in [-0.15, -0.1) is 0 Å². The summed E-state index contributed by atoms with van der Waals surface area (Å²) in [6.07, 6.45) is 0. The zero-order valence-corrected chi connectivity index (χ0v) is 6.49. The van der Waals surface area contributed by atoms with E-state index in [-0.39, 0.29) is 5.56 Å². The van der Waals surface area contributed by atoms with Gasteiger partial charge in [0.25, 0.3) is 0 Å². The van der Waals surface area contributed by atoms with Crippen LogP contribution in [-0.2, 0) is 6.67 Å². The third-order valence-corrected chi connectivity index (χ3v) is 1.60. The molecule has 0 aromatic heterocycles. The van der Waals surface area contributed by atoms with Crippen molar-refractivity contribution in [2.45, 2.75) is 6.67 Å². The Labute approximate surface area is 72.9 Å². The van der Waals surface area contributed by atoms with Crippen molar-refractivity contribution in [1.82, 2.24) is 0 Å². The number of carbonyl (C=O) groups is 1. The quantitative estimate of drug-likeness (QED) is 0.607. The maximum absolute atomic E-state index is 12.2. The lowest BCUT2D eigenvalue weighted by molar-refractivity contribution is 0.0690. The van der Waals surface area contributed by atoms with Crippen molar-refractivity contribution in [1.29, 1.82) is 0 Å². The summed E-state index contributed by atoms with van der Waals surface area (Å²) in [5.74, 6) is -2.85. The molecule has 0 saturated heterocycles. The van der Waals surface area contributed by atoms with E-state index in [1.54, 1.807) is 0 Å². The fraction of sp³-hybridized carbons (Fsp3) is 0.125. The highest BCUT2D eigenvalue weighted by Gasteiger charge is 2.18. The smallest absolute Gasteiger partial charge is 0.340 e. The molecule has 0 unspecified atom stereocenters. The number of hydrogen-bond acceptors (Lipinski definition) is 3. The molecule has 5 heteroatoms. The van der Waals surface area contributed by atoms with Crippen molar-refractivity contribution in [3.05, 3.63) is 23.3 Å². The van der Waals surface area contributed by atoms with Crippen molar-refractivity contribution >= 4 is 5.97 Å². The van der Waals surface area contributed by atoms with Gasteiger partial charge in [-0.05, 0) is 6.07 Å². The number of phenols is 2. The fourth-order valence-corrected chi connectivity index (χ4v) is 0.972. The van der Waals surface area contributed by atoms with Gasteiger partial charge < -0.3 is 15.3 Å². The summed E-state index contributed by atoms with van der Waals surface area (Å²) in [6, 6.07) is 2.15. The van der Waals surface area contributed by atoms with Crippen LogP contribution in [0.1, 0.15) is 15.9 Å². The van der Waals surface area contributed by atoms with E-state index in [2.05, 4.69) is 0 Å². The summed E-state index contributed by atoms with van der Waals surface area (Å²) in [7, 11) is 0. The molecule has 13 heavy (non-hydrogen) atoms. The molecule has 0 bridgehead atoms. The van der Waals surface area contributed by atoms with Crippen molar-refractivity contribution in [3.8, 4) is 11.5 Å². The molecule has 0 atom stereocenters. The average molecular weight is 186 g/mol. The standard InChI is InChI=1S/C8H7FO4/c9-3-4-1-2-5(10)7(11)6(4)8(12)13/h1-2,10-11H,3H2,(H,12,13). The summed E-state index contributed by atoms with van der Waals surface area (Å²) >= 11 is 0. The van der Waals surface area contributed by atoms with E-state index < -0.39 is 29.7 Å². The van der Waals surface area contributed by atoms with Gasteiger partial charge in [-0.3, -0.25) is 0 Å². The summed E-state index contributed by atoms with van der Waals surface area (Å²) in [5, 5.41) is 26.6. The van der Waals surface area contributed by atoms with E-state index in [0.717, 1.165) is 12.1 Å². The highest BCUT2D eigenvalue weighted by atomic mass is 19.1. The third-order valence-electron chi connectivity index (χ3n) is 1.60. The first-order valence-electron chi connectivity index (χ1n) is 3.41. The Morgan fingerprint density at radius 1 is 1.38 bits per heavy atom. The second-order valence-electron chi connectivity index (χ2n) is 2.41. The molecular weight excluding hydrogens is 179 g/mol. The van der Waals surface area contributed by atoms with Gasteiger partial charge in [0.15, 0.2) is 11.5 Å². The second kappa shape index (κ2) is 3.30. The molecule has 0 heterocycles. The van der Waals surface area contributed by atoms with E-state index >= 15 is 0 Å². The summed E-state index contributed by atoms with van der Waals surface area (Å²) < 4.78 is 12.2. The molecule has 1 aromatic rings. The number of rotatable bonds is 2. The van der Waals surface area contributed by atoms with Gasteiger partial charge in [0.2, 0.25) is 0 Å². The molecule has 1 rings (SSSR count). The van der Waals surface area contributed by atoms with Gasteiger partial charge >= 0.3 is 5.97 Å². The number of aromatic carboxylic acids is 1. The van der Waals surface area contributed by atoms with Crippen LogP contribution in [0.25, 0.3) is 0 Å². The van der Waals surface area contributed by atoms with Crippen LogP contribution in [0, 0.1) is 0 Å². The molecule has 0 amide bonds. The molecule has 0 aliphatic rings. The van der Waals surface area contributed by atoms with Gasteiger partial charge in [0, 0.05) is 5.56 Å². The van der Waals surface area contributed by atoms with E-state index in [1.165, 1.54) is 0 Å². The van der Waals surface area contributed by atoms with Crippen LogP contribution in [0.3, 0.4) is 0 Å². The molecule has 70 valence electrons. The first-order valence-corrected chi connectivity index (χ1v) is 3.41. The highest BCUT2D eigenvalue weighted by molar-refractivity contribution is 5.93. The number of aromatic hydroxyl groups is 2. The lowest BCUT2D eigenvalue weighted by atomic mass is 10.1. The van der Waals surface area contributed by atoms with Crippen molar-refractivity contribution in [2.24, 2.45) is 0 Å². The average Bonchev–Trinajstić information content (AvgIpc) is 2.08. The third kappa shape index (κ3) is 1.53. The monoisotopic (exact) mass is 186 g/mol. The Morgan fingerprint density at radius 3 is 2.46 bits per heavy atom. The molecule has 0 spiro atoms. The van der Waals surface area contributed by atoms with Gasteiger partial charge in [-0.2, -0.15) is 0 Å². The van der Waals surface area contributed by atoms with E-state index in [4.69, 9.17) is 15.3 Å². The summed E-state index contributed by atoms with van der Waals surface area (Å²) in [6.45, 7) is -1.00. The predicted octanol–water partition coefficient (Wildman–Crippen LogP) is 1.27. The Hall–Kier alpha value is -1.78. The fourth-order valence-electron chi connectivity index (χ4n) is 0.972. The maximum Gasteiger partial charge on any atom is 0.340 e. The zero-order chi connectivity index (χ0) is 10.0. The van der Waals surface area contributed by atoms with E-state index in [0.29, 0.717) is 0 Å². The van der Waals surface area contributed by atoms with Crippen LogP contribution in [-0.4, -0.2) is 21.3 Å². The molecule has 0 radical (unpaired) electrons. The molecule has 0 fully saturated rings. The Bertz CT molecular complexity index is 348. The van der Waals surface area contributed by atoms with Crippen LogP contribution in [0.4, 0.5) is 4.39 Å². The van der Waals surface area contributed by atoms with Crippen LogP contribution in [0.15, 0.2) is 12.1 Å². The number of carboxylic acids is 1. The highest BCUT2D eigenvalue weighted by Crippen LogP contribution is 2.31. The Kier molecular flexibility index (Phi) is 2.36. The number of benzene rings is 1. The number of alkyl halides is 1. The lowest BCUT2D eigenvalue weighted by Gasteiger charge is -2.05. The molecule has 1 aromatic carbocycles. The summed E-state index contributed by atoms with van der Waals surface area (Å²) in [4.78, 5) is 10.5. The minimum absolute atomic E-state index is 0.164. The van der Waals surface area contributed by atoms with E-state index in [1.807, 2.05) is 0 Å². The van der Waals surface area contributed by atoms with Crippen LogP contribution in [0.2, 0.25) is 0 Å². The largest absolute Gasteiger partial charge is 0.504 e. The van der Waals surface area contributed by atoms with Crippen LogP contribution in [0.5, 0.6) is 11.5 Å². The zero-order valence-electron chi connectivity index (χ0n) is 6.49. The van der Waals surface area contributed by atoms with Gasteiger partial charge in [-0.1, -0.05) is 6.07 Å². The SMILES string of the molecule is O=C(O)c1c(CF)ccc(O)c1O. The maximum atomic E-state index is 12.2. The first-order chi connectivity index (χ1) is 6.07. The van der Waals surface area contributed by atoms with Gasteiger partial charge in [0.1, 0.15) is 12.2 Å². The van der Waals surface area contributed by atoms with Gasteiger partial charge in [0.05, 0.1) is 0 Å². The van der Waals surface area contributed by atoms with Crippen LogP contribution >= 0.6 is 0 Å². The Balaban J connectivity index is 3.41. The summed E-state index contributed by atoms with van der Waals surface area (Å²) in [5.41, 5.74) is -0.759.